The lowest BCUT2D eigenvalue weighted by molar-refractivity contribution is -0.153. The fourth-order valence-electron chi connectivity index (χ4n) is 4.50. The monoisotopic (exact) mass is 745 g/mol. The number of carbonyl (C=O) groups is 3. The van der Waals surface area contributed by atoms with Gasteiger partial charge in [-0.15, -0.1) is 0 Å². The highest BCUT2D eigenvalue weighted by atomic mass is 35.5. The van der Waals surface area contributed by atoms with Gasteiger partial charge in [0.05, 0.1) is 41.3 Å². The predicted molar refractivity (Wildman–Crippen MR) is 173 cm³/mol. The summed E-state index contributed by atoms with van der Waals surface area (Å²) in [5, 5.41) is 0.329. The third-order valence-corrected chi connectivity index (χ3v) is 8.82. The van der Waals surface area contributed by atoms with E-state index < -0.39 is 53.7 Å². The van der Waals surface area contributed by atoms with Crippen LogP contribution in [0.2, 0.25) is 10.0 Å². The molecule has 1 heterocycles. The Morgan fingerprint density at radius 3 is 2.31 bits per heavy atom. The van der Waals surface area contributed by atoms with Crippen LogP contribution in [-0.4, -0.2) is 71.0 Å². The molecule has 0 spiro atoms. The Labute approximate surface area is 290 Å². The van der Waals surface area contributed by atoms with E-state index in [0.717, 1.165) is 25.2 Å². The van der Waals surface area contributed by atoms with E-state index in [0.29, 0.717) is 15.4 Å². The number of hydrogen-bond donors (Lipinski definition) is 1. The van der Waals surface area contributed by atoms with Gasteiger partial charge in [0.15, 0.2) is 18.1 Å². The van der Waals surface area contributed by atoms with Gasteiger partial charge in [0, 0.05) is 18.8 Å². The summed E-state index contributed by atoms with van der Waals surface area (Å²) in [7, 11) is -2.80. The van der Waals surface area contributed by atoms with Crippen molar-refractivity contribution in [2.45, 2.75) is 32.0 Å². The standard InChI is InChI=1S/C31H31Cl2F2N3O10S/c1-44-24-7-6-19(9-23(24)38(14-28(36)39)49(2,42)43)30(41)46-16-29(40)47-26(11-20-21(32)12-37-13-22(20)33)18-5-8-25(48-31(34)35)27(10-18)45-15-17-3-4-17/h5-10,12-13,17,26,31H,3-4,11,14-16H2,1-2H3,(H2,36,39)/t26-/m0/s1. The number of amides is 1. The molecule has 4 rings (SSSR count). The molecular formula is C31H31Cl2F2N3O10S. The average molecular weight is 747 g/mol. The molecular weight excluding hydrogens is 715 g/mol. The Hall–Kier alpha value is -4.41. The molecule has 13 nitrogen and oxygen atoms in total. The van der Waals surface area contributed by atoms with Crippen LogP contribution in [0.15, 0.2) is 48.8 Å². The van der Waals surface area contributed by atoms with Crippen molar-refractivity contribution < 1.29 is 55.3 Å². The molecule has 1 aliphatic rings. The zero-order valence-electron chi connectivity index (χ0n) is 26.1. The Bertz CT molecular complexity index is 1790. The second-order valence-corrected chi connectivity index (χ2v) is 13.5. The number of nitrogens with two attached hydrogens (primary N) is 1. The van der Waals surface area contributed by atoms with E-state index >= 15 is 0 Å². The maximum Gasteiger partial charge on any atom is 0.387 e. The second-order valence-electron chi connectivity index (χ2n) is 10.8. The highest BCUT2D eigenvalue weighted by Crippen LogP contribution is 2.38. The predicted octanol–water partition coefficient (Wildman–Crippen LogP) is 4.72. The zero-order valence-corrected chi connectivity index (χ0v) is 28.4. The van der Waals surface area contributed by atoms with E-state index in [1.54, 1.807) is 0 Å². The molecule has 264 valence electrons. The first-order valence-electron chi connectivity index (χ1n) is 14.5. The summed E-state index contributed by atoms with van der Waals surface area (Å²) in [6, 6.07) is 7.66. The van der Waals surface area contributed by atoms with Gasteiger partial charge >= 0.3 is 18.6 Å². The topological polar surface area (TPSA) is 174 Å². The number of ether oxygens (including phenoxy) is 5. The summed E-state index contributed by atoms with van der Waals surface area (Å²) in [5.41, 5.74) is 5.51. The normalized spacial score (nSPS) is 13.4. The van der Waals surface area contributed by atoms with Crippen molar-refractivity contribution in [3.05, 3.63) is 75.5 Å². The van der Waals surface area contributed by atoms with E-state index in [-0.39, 0.29) is 57.5 Å². The Morgan fingerprint density at radius 1 is 1.04 bits per heavy atom. The van der Waals surface area contributed by atoms with Crippen LogP contribution in [0.1, 0.15) is 40.4 Å². The Kier molecular flexibility index (Phi) is 12.5. The molecule has 1 aliphatic carbocycles. The number of carbonyl (C=O) groups excluding carboxylic acids is 3. The number of benzene rings is 2. The molecule has 1 fully saturated rings. The van der Waals surface area contributed by atoms with Crippen LogP contribution in [0.25, 0.3) is 0 Å². The maximum atomic E-state index is 13.1. The number of alkyl halides is 2. The quantitative estimate of drug-likeness (QED) is 0.189. The first-order chi connectivity index (χ1) is 23.2. The molecule has 3 aromatic rings. The molecule has 1 atom stereocenters. The van der Waals surface area contributed by atoms with Crippen molar-refractivity contribution >= 4 is 56.8 Å². The molecule has 0 unspecified atom stereocenters. The van der Waals surface area contributed by atoms with E-state index in [9.17, 15) is 31.6 Å². The summed E-state index contributed by atoms with van der Waals surface area (Å²) in [5.74, 6) is -2.97. The van der Waals surface area contributed by atoms with Gasteiger partial charge in [0.2, 0.25) is 15.9 Å². The second kappa shape index (κ2) is 16.3. The number of sulfonamides is 1. The van der Waals surface area contributed by atoms with Crippen LogP contribution in [0.3, 0.4) is 0 Å². The van der Waals surface area contributed by atoms with Crippen LogP contribution in [-0.2, 0) is 35.5 Å². The number of primary amides is 1. The first-order valence-corrected chi connectivity index (χ1v) is 17.1. The zero-order chi connectivity index (χ0) is 35.9. The van der Waals surface area contributed by atoms with Gasteiger partial charge in [0.25, 0.3) is 0 Å². The number of nitrogens with zero attached hydrogens (tertiary/aromatic N) is 2. The van der Waals surface area contributed by atoms with E-state index in [4.69, 9.17) is 47.9 Å². The van der Waals surface area contributed by atoms with Crippen LogP contribution in [0.5, 0.6) is 17.2 Å². The summed E-state index contributed by atoms with van der Waals surface area (Å²) in [6.45, 7) is -4.49. The number of halogens is 4. The lowest BCUT2D eigenvalue weighted by Crippen LogP contribution is -2.38. The van der Waals surface area contributed by atoms with Crippen molar-refractivity contribution in [3.8, 4) is 17.2 Å². The number of rotatable bonds is 17. The number of esters is 2. The first kappa shape index (κ1) is 37.4. The number of anilines is 1. The largest absolute Gasteiger partial charge is 0.495 e. The van der Waals surface area contributed by atoms with E-state index in [1.807, 2.05) is 0 Å². The van der Waals surface area contributed by atoms with Crippen molar-refractivity contribution in [2.75, 3.05) is 37.4 Å². The number of methoxy groups -OCH3 is 1. The van der Waals surface area contributed by atoms with Crippen molar-refractivity contribution in [3.63, 3.8) is 0 Å². The average Bonchev–Trinajstić information content (AvgIpc) is 3.87. The fourth-order valence-corrected chi connectivity index (χ4v) is 5.88. The molecule has 2 aromatic carbocycles. The summed E-state index contributed by atoms with van der Waals surface area (Å²) < 4.78 is 78.1. The van der Waals surface area contributed by atoms with Gasteiger partial charge in [-0.3, -0.25) is 14.1 Å². The smallest absolute Gasteiger partial charge is 0.387 e. The van der Waals surface area contributed by atoms with Crippen LogP contribution >= 0.6 is 23.2 Å². The molecule has 1 aromatic heterocycles. The number of aromatic nitrogens is 1. The third kappa shape index (κ3) is 10.5. The fraction of sp³-hybridized carbons (Fsp3) is 0.355. The Morgan fingerprint density at radius 2 is 1.71 bits per heavy atom. The summed E-state index contributed by atoms with van der Waals surface area (Å²) in [4.78, 5) is 41.5. The lowest BCUT2D eigenvalue weighted by atomic mass is 10.0. The van der Waals surface area contributed by atoms with Gasteiger partial charge in [0.1, 0.15) is 18.4 Å². The summed E-state index contributed by atoms with van der Waals surface area (Å²) in [6.07, 6.45) is 4.14. The molecule has 2 N–H and O–H groups in total. The van der Waals surface area contributed by atoms with Crippen molar-refractivity contribution in [2.24, 2.45) is 11.7 Å². The minimum Gasteiger partial charge on any atom is -0.495 e. The molecule has 0 aliphatic heterocycles. The minimum atomic E-state index is -4.05. The van der Waals surface area contributed by atoms with Gasteiger partial charge in [-0.2, -0.15) is 8.78 Å². The highest BCUT2D eigenvalue weighted by Gasteiger charge is 2.28. The molecule has 1 amide bonds. The summed E-state index contributed by atoms with van der Waals surface area (Å²) >= 11 is 12.7. The van der Waals surface area contributed by atoms with Gasteiger partial charge in [-0.1, -0.05) is 29.3 Å². The van der Waals surface area contributed by atoms with E-state index in [1.165, 1.54) is 49.8 Å². The minimum absolute atomic E-state index is 0.00104. The van der Waals surface area contributed by atoms with Crippen LogP contribution < -0.4 is 24.2 Å². The molecule has 49 heavy (non-hydrogen) atoms. The SMILES string of the molecule is COc1ccc(C(=O)OCC(=O)O[C@@H](Cc2c(Cl)cncc2Cl)c2ccc(OC(F)F)c(OCC3CC3)c2)cc1N(CC(N)=O)S(C)(=O)=O. The van der Waals surface area contributed by atoms with Gasteiger partial charge in [-0.05, 0) is 60.2 Å². The molecule has 0 saturated heterocycles. The number of pyridine rings is 1. The van der Waals surface area contributed by atoms with Gasteiger partial charge in [-0.25, -0.2) is 18.0 Å². The molecule has 18 heteroatoms. The lowest BCUT2D eigenvalue weighted by Gasteiger charge is -2.23. The molecule has 0 bridgehead atoms. The molecule has 1 saturated carbocycles. The van der Waals surface area contributed by atoms with Crippen molar-refractivity contribution in [1.29, 1.82) is 0 Å². The highest BCUT2D eigenvalue weighted by molar-refractivity contribution is 7.92. The van der Waals surface area contributed by atoms with Crippen LogP contribution in [0.4, 0.5) is 14.5 Å². The Balaban J connectivity index is 1.57. The molecule has 0 radical (unpaired) electrons. The van der Waals surface area contributed by atoms with Crippen molar-refractivity contribution in [1.82, 2.24) is 4.98 Å². The van der Waals surface area contributed by atoms with Gasteiger partial charge < -0.3 is 29.4 Å². The third-order valence-electron chi connectivity index (χ3n) is 7.05. The maximum absolute atomic E-state index is 13.1. The van der Waals surface area contributed by atoms with E-state index in [2.05, 4.69) is 9.72 Å². The van der Waals surface area contributed by atoms with Crippen LogP contribution in [0, 0.1) is 5.92 Å². The number of hydrogen-bond acceptors (Lipinski definition) is 11.